The van der Waals surface area contributed by atoms with Crippen molar-refractivity contribution >= 4 is 0 Å². The van der Waals surface area contributed by atoms with Crippen LogP contribution in [-0.4, -0.2) is 5.54 Å². The van der Waals surface area contributed by atoms with Crippen LogP contribution < -0.4 is 5.73 Å². The lowest BCUT2D eigenvalue weighted by Gasteiger charge is -2.29. The Morgan fingerprint density at radius 1 is 1.46 bits per heavy atom. The molecule has 0 aromatic carbocycles. The Balaban J connectivity index is 2.97. The molecule has 0 aliphatic heterocycles. The molecule has 0 unspecified atom stereocenters. The first kappa shape index (κ1) is 10.5. The van der Waals surface area contributed by atoms with Crippen molar-refractivity contribution in [1.29, 1.82) is 0 Å². The minimum Gasteiger partial charge on any atom is -0.322 e. The van der Waals surface area contributed by atoms with Crippen LogP contribution in [0.25, 0.3) is 0 Å². The molecule has 2 N–H and O–H groups in total. The lowest BCUT2D eigenvalue weighted by atomic mass is 9.79. The molecule has 1 aliphatic rings. The van der Waals surface area contributed by atoms with Gasteiger partial charge in [-0.3, -0.25) is 0 Å². The summed E-state index contributed by atoms with van der Waals surface area (Å²) in [6.45, 7) is 7.85. The summed E-state index contributed by atoms with van der Waals surface area (Å²) in [5.41, 5.74) is 5.94. The van der Waals surface area contributed by atoms with Gasteiger partial charge in [0.1, 0.15) is 5.83 Å². The Kier molecular flexibility index (Phi) is 2.37. The summed E-state index contributed by atoms with van der Waals surface area (Å²) in [6, 6.07) is 0. The predicted octanol–water partition coefficient (Wildman–Crippen LogP) is 2.93. The van der Waals surface area contributed by atoms with Crippen LogP contribution in [0.3, 0.4) is 0 Å². The van der Waals surface area contributed by atoms with Gasteiger partial charge in [-0.2, -0.15) is 0 Å². The highest BCUT2D eigenvalue weighted by Crippen LogP contribution is 2.36. The molecule has 1 nitrogen and oxygen atoms in total. The molecular formula is C11H18FN. The first-order chi connectivity index (χ1) is 5.72. The molecule has 0 heterocycles. The monoisotopic (exact) mass is 183 g/mol. The van der Waals surface area contributed by atoms with Crippen LogP contribution in [0.2, 0.25) is 0 Å². The Morgan fingerprint density at radius 3 is 2.38 bits per heavy atom. The van der Waals surface area contributed by atoms with E-state index in [1.54, 1.807) is 0 Å². The molecule has 74 valence electrons. The molecule has 2 heteroatoms. The van der Waals surface area contributed by atoms with Crippen LogP contribution in [-0.2, 0) is 0 Å². The highest BCUT2D eigenvalue weighted by molar-refractivity contribution is 5.37. The fourth-order valence-corrected chi connectivity index (χ4v) is 1.51. The maximum Gasteiger partial charge on any atom is 0.124 e. The van der Waals surface area contributed by atoms with Crippen molar-refractivity contribution < 1.29 is 4.39 Å². The van der Waals surface area contributed by atoms with Crippen molar-refractivity contribution in [1.82, 2.24) is 0 Å². The summed E-state index contributed by atoms with van der Waals surface area (Å²) in [4.78, 5) is 0. The first-order valence-electron chi connectivity index (χ1n) is 4.61. The van der Waals surface area contributed by atoms with Crippen LogP contribution >= 0.6 is 0 Å². The number of nitrogens with two attached hydrogens (primary N) is 1. The van der Waals surface area contributed by atoms with E-state index in [-0.39, 0.29) is 11.2 Å². The molecule has 1 rings (SSSR count). The topological polar surface area (TPSA) is 26.0 Å². The number of allylic oxidation sites excluding steroid dienone is 2. The Bertz CT molecular complexity index is 266. The minimum absolute atomic E-state index is 0.128. The van der Waals surface area contributed by atoms with Crippen molar-refractivity contribution in [3.05, 3.63) is 23.6 Å². The number of hydrogen-bond donors (Lipinski definition) is 1. The number of rotatable bonds is 0. The van der Waals surface area contributed by atoms with Crippen molar-refractivity contribution in [3.63, 3.8) is 0 Å². The van der Waals surface area contributed by atoms with Gasteiger partial charge in [0, 0.05) is 5.54 Å². The molecule has 0 saturated carbocycles. The summed E-state index contributed by atoms with van der Waals surface area (Å²) < 4.78 is 13.6. The molecule has 0 spiro atoms. The fraction of sp³-hybridized carbons (Fsp3) is 0.636. The molecule has 0 aromatic rings. The average Bonchev–Trinajstić information content (AvgIpc) is 1.80. The van der Waals surface area contributed by atoms with Crippen LogP contribution in [0.1, 0.15) is 34.1 Å². The molecule has 1 aliphatic carbocycles. The molecule has 0 radical (unpaired) electrons. The van der Waals surface area contributed by atoms with E-state index < -0.39 is 5.54 Å². The summed E-state index contributed by atoms with van der Waals surface area (Å²) in [5, 5.41) is 0. The zero-order valence-electron chi connectivity index (χ0n) is 8.82. The quantitative estimate of drug-likeness (QED) is 0.614. The van der Waals surface area contributed by atoms with Crippen molar-refractivity contribution in [2.75, 3.05) is 0 Å². The third kappa shape index (κ3) is 2.41. The second-order valence-corrected chi connectivity index (χ2v) is 5.07. The third-order valence-corrected chi connectivity index (χ3v) is 2.27. The van der Waals surface area contributed by atoms with Crippen molar-refractivity contribution in [2.24, 2.45) is 11.1 Å². The second kappa shape index (κ2) is 2.95. The maximum absolute atomic E-state index is 13.6. The van der Waals surface area contributed by atoms with Crippen molar-refractivity contribution in [2.45, 2.75) is 39.7 Å². The van der Waals surface area contributed by atoms with Gasteiger partial charge in [0.25, 0.3) is 0 Å². The van der Waals surface area contributed by atoms with Gasteiger partial charge in [-0.1, -0.05) is 26.8 Å². The average molecular weight is 183 g/mol. The van der Waals surface area contributed by atoms with Crippen molar-refractivity contribution in [3.8, 4) is 0 Å². The minimum atomic E-state index is -0.515. The zero-order valence-corrected chi connectivity index (χ0v) is 8.82. The summed E-state index contributed by atoms with van der Waals surface area (Å²) in [6.07, 6.45) is 4.15. The largest absolute Gasteiger partial charge is 0.322 e. The van der Waals surface area contributed by atoms with Crippen LogP contribution in [0.15, 0.2) is 23.6 Å². The molecule has 0 aromatic heterocycles. The Labute approximate surface area is 79.5 Å². The fourth-order valence-electron chi connectivity index (χ4n) is 1.51. The third-order valence-electron chi connectivity index (χ3n) is 2.27. The highest BCUT2D eigenvalue weighted by atomic mass is 19.1. The van der Waals surface area contributed by atoms with Gasteiger partial charge in [0.15, 0.2) is 0 Å². The molecule has 0 bridgehead atoms. The van der Waals surface area contributed by atoms with Gasteiger partial charge in [0.2, 0.25) is 0 Å². The number of hydrogen-bond acceptors (Lipinski definition) is 1. The van der Waals surface area contributed by atoms with Gasteiger partial charge in [0.05, 0.1) is 0 Å². The van der Waals surface area contributed by atoms with E-state index in [0.29, 0.717) is 6.42 Å². The van der Waals surface area contributed by atoms with E-state index >= 15 is 0 Å². The Hall–Kier alpha value is -0.630. The summed E-state index contributed by atoms with van der Waals surface area (Å²) in [5.74, 6) is -0.163. The predicted molar refractivity (Wildman–Crippen MR) is 53.9 cm³/mol. The SMILES string of the molecule is CC(C)(C)C1=CC[C@@](C)(N)C=C1F. The molecule has 13 heavy (non-hydrogen) atoms. The molecule has 0 fully saturated rings. The first-order valence-corrected chi connectivity index (χ1v) is 4.61. The van der Waals surface area contributed by atoms with E-state index in [0.717, 1.165) is 5.57 Å². The van der Waals surface area contributed by atoms with Crippen LogP contribution in [0, 0.1) is 5.41 Å². The van der Waals surface area contributed by atoms with Crippen LogP contribution in [0.5, 0.6) is 0 Å². The molecular weight excluding hydrogens is 165 g/mol. The van der Waals surface area contributed by atoms with E-state index in [1.807, 2.05) is 33.8 Å². The van der Waals surface area contributed by atoms with Gasteiger partial charge in [-0.15, -0.1) is 0 Å². The lowest BCUT2D eigenvalue weighted by molar-refractivity contribution is 0.446. The lowest BCUT2D eigenvalue weighted by Crippen LogP contribution is -2.35. The molecule has 0 amide bonds. The van der Waals surface area contributed by atoms with E-state index in [1.165, 1.54) is 6.08 Å². The van der Waals surface area contributed by atoms with E-state index in [9.17, 15) is 4.39 Å². The van der Waals surface area contributed by atoms with Crippen LogP contribution in [0.4, 0.5) is 4.39 Å². The van der Waals surface area contributed by atoms with Gasteiger partial charge < -0.3 is 5.73 Å². The molecule has 0 saturated heterocycles. The maximum atomic E-state index is 13.6. The normalized spacial score (nSPS) is 29.7. The smallest absolute Gasteiger partial charge is 0.124 e. The standard InChI is InChI=1S/C11H18FN/c1-10(2,3)8-5-6-11(4,13)7-9(8)12/h5,7H,6,13H2,1-4H3/t11-/m1/s1. The molecule has 1 atom stereocenters. The van der Waals surface area contributed by atoms with E-state index in [4.69, 9.17) is 5.73 Å². The zero-order chi connectivity index (χ0) is 10.3. The van der Waals surface area contributed by atoms with Gasteiger partial charge in [-0.05, 0) is 30.4 Å². The van der Waals surface area contributed by atoms with Gasteiger partial charge >= 0.3 is 0 Å². The van der Waals surface area contributed by atoms with E-state index in [2.05, 4.69) is 0 Å². The van der Waals surface area contributed by atoms with Gasteiger partial charge in [-0.25, -0.2) is 4.39 Å². The summed E-state index contributed by atoms with van der Waals surface area (Å²) in [7, 11) is 0. The second-order valence-electron chi connectivity index (χ2n) is 5.07. The highest BCUT2D eigenvalue weighted by Gasteiger charge is 2.28. The number of halogens is 1. The summed E-state index contributed by atoms with van der Waals surface area (Å²) >= 11 is 0. The Morgan fingerprint density at radius 2 is 2.00 bits per heavy atom.